The van der Waals surface area contributed by atoms with Crippen LogP contribution in [0.5, 0.6) is 0 Å². The summed E-state index contributed by atoms with van der Waals surface area (Å²) in [7, 11) is 0. The number of nitrogens with two attached hydrogens (primary N) is 1. The number of hydrogen-bond acceptors (Lipinski definition) is 3. The van der Waals surface area contributed by atoms with Crippen LogP contribution in [0.2, 0.25) is 5.02 Å². The van der Waals surface area contributed by atoms with E-state index < -0.39 is 5.60 Å². The molecule has 4 rings (SSSR count). The number of aliphatic hydroxyl groups is 1. The third-order valence-corrected chi connectivity index (χ3v) is 5.85. The minimum atomic E-state index is -0.632. The third kappa shape index (κ3) is 2.49. The lowest BCUT2D eigenvalue weighted by molar-refractivity contribution is -0.719. The molecule has 0 amide bonds. The van der Waals surface area contributed by atoms with E-state index in [1.54, 1.807) is 24.5 Å². The van der Waals surface area contributed by atoms with Gasteiger partial charge in [0.2, 0.25) is 5.43 Å². The van der Waals surface area contributed by atoms with Crippen molar-refractivity contribution in [1.29, 1.82) is 0 Å². The quantitative estimate of drug-likeness (QED) is 0.841. The molecule has 0 unspecified atom stereocenters. The number of rotatable bonds is 1. The highest BCUT2D eigenvalue weighted by Gasteiger charge is 2.49. The number of hydrogen-bond donors (Lipinski definition) is 2. The maximum Gasteiger partial charge on any atom is 0.201 e. The largest absolute Gasteiger partial charge is 0.464 e. The van der Waals surface area contributed by atoms with Crippen molar-refractivity contribution >= 4 is 22.6 Å². The van der Waals surface area contributed by atoms with E-state index in [1.165, 1.54) is 0 Å². The lowest BCUT2D eigenvalue weighted by atomic mass is 9.67. The summed E-state index contributed by atoms with van der Waals surface area (Å²) in [6, 6.07) is 5.08. The molecule has 122 valence electrons. The molecule has 1 saturated heterocycles. The van der Waals surface area contributed by atoms with Gasteiger partial charge in [0.15, 0.2) is 0 Å². The van der Waals surface area contributed by atoms with Gasteiger partial charge >= 0.3 is 0 Å². The predicted molar refractivity (Wildman–Crippen MR) is 88.6 cm³/mol. The molecule has 2 fully saturated rings. The Morgan fingerprint density at radius 1 is 1.30 bits per heavy atom. The van der Waals surface area contributed by atoms with Crippen LogP contribution in [-0.4, -0.2) is 17.3 Å². The number of halogens is 1. The van der Waals surface area contributed by atoms with Crippen LogP contribution in [0.1, 0.15) is 43.7 Å². The molecular formula is C18H21ClNO3+. The molecular weight excluding hydrogens is 314 g/mol. The molecule has 5 heteroatoms. The van der Waals surface area contributed by atoms with Crippen LogP contribution in [0, 0.1) is 5.92 Å². The SMILES string of the molecule is O=c1c([C@@H]2[NH2+]CC[C@@]3(O)CCCC[C@H]23)coc2ccc(Cl)cc12. The fourth-order valence-corrected chi connectivity index (χ4v) is 4.61. The van der Waals surface area contributed by atoms with Crippen LogP contribution >= 0.6 is 11.6 Å². The van der Waals surface area contributed by atoms with Crippen molar-refractivity contribution in [3.8, 4) is 0 Å². The average molecular weight is 335 g/mol. The first-order chi connectivity index (χ1) is 11.1. The molecule has 2 aliphatic rings. The zero-order valence-electron chi connectivity index (χ0n) is 12.9. The van der Waals surface area contributed by atoms with Gasteiger partial charge in [-0.25, -0.2) is 0 Å². The van der Waals surface area contributed by atoms with Gasteiger partial charge in [-0.2, -0.15) is 0 Å². The molecule has 1 aromatic carbocycles. The molecule has 3 atom stereocenters. The first-order valence-electron chi connectivity index (χ1n) is 8.35. The van der Waals surface area contributed by atoms with Crippen molar-refractivity contribution in [3.63, 3.8) is 0 Å². The molecule has 2 heterocycles. The van der Waals surface area contributed by atoms with Gasteiger partial charge in [0, 0.05) is 17.4 Å². The van der Waals surface area contributed by atoms with E-state index in [2.05, 4.69) is 5.32 Å². The van der Waals surface area contributed by atoms with Crippen molar-refractivity contribution in [2.75, 3.05) is 6.54 Å². The summed E-state index contributed by atoms with van der Waals surface area (Å²) in [6.45, 7) is 0.838. The van der Waals surface area contributed by atoms with Crippen LogP contribution < -0.4 is 10.7 Å². The van der Waals surface area contributed by atoms with Crippen LogP contribution in [0.25, 0.3) is 11.0 Å². The van der Waals surface area contributed by atoms with E-state index in [0.29, 0.717) is 21.6 Å². The average Bonchev–Trinajstić information content (AvgIpc) is 2.55. The van der Waals surface area contributed by atoms with Crippen LogP contribution in [-0.2, 0) is 0 Å². The van der Waals surface area contributed by atoms with Crippen LogP contribution in [0.3, 0.4) is 0 Å². The normalized spacial score (nSPS) is 31.0. The summed E-state index contributed by atoms with van der Waals surface area (Å²) < 4.78 is 5.68. The van der Waals surface area contributed by atoms with Gasteiger partial charge in [-0.05, 0) is 31.0 Å². The molecule has 4 nitrogen and oxygen atoms in total. The Hall–Kier alpha value is -1.36. The first kappa shape index (κ1) is 15.2. The molecule has 0 radical (unpaired) electrons. The van der Waals surface area contributed by atoms with Gasteiger partial charge in [0.25, 0.3) is 0 Å². The Labute approximate surface area is 139 Å². The molecule has 2 aromatic rings. The minimum Gasteiger partial charge on any atom is -0.464 e. The summed E-state index contributed by atoms with van der Waals surface area (Å²) in [5.41, 5.74) is 0.556. The van der Waals surface area contributed by atoms with E-state index in [1.807, 2.05) is 0 Å². The second-order valence-electron chi connectivity index (χ2n) is 6.92. The molecule has 0 bridgehead atoms. The van der Waals surface area contributed by atoms with E-state index in [9.17, 15) is 9.90 Å². The maximum atomic E-state index is 12.9. The Bertz CT molecular complexity index is 798. The summed E-state index contributed by atoms with van der Waals surface area (Å²) in [4.78, 5) is 12.9. The number of piperidine rings is 1. The highest BCUT2D eigenvalue weighted by Crippen LogP contribution is 2.43. The van der Waals surface area contributed by atoms with Gasteiger partial charge in [-0.15, -0.1) is 0 Å². The maximum absolute atomic E-state index is 12.9. The Balaban J connectivity index is 1.82. The number of quaternary nitrogens is 1. The molecule has 1 aliphatic heterocycles. The second kappa shape index (κ2) is 5.62. The molecule has 1 aliphatic carbocycles. The zero-order chi connectivity index (χ0) is 16.0. The molecule has 3 N–H and O–H groups in total. The van der Waals surface area contributed by atoms with Gasteiger partial charge in [0.05, 0.1) is 23.1 Å². The highest BCUT2D eigenvalue weighted by molar-refractivity contribution is 6.31. The standard InChI is InChI=1S/C18H20ClNO3/c19-11-4-5-15-12(9-11)17(21)13(10-23-15)16-14-3-1-2-6-18(14,22)7-8-20-16/h4-5,9-10,14,16,20,22H,1-3,6-8H2/p+1/t14-,16+,18+/m1/s1. The molecule has 1 aromatic heterocycles. The van der Waals surface area contributed by atoms with Gasteiger partial charge in [-0.3, -0.25) is 4.79 Å². The smallest absolute Gasteiger partial charge is 0.201 e. The fraction of sp³-hybridized carbons (Fsp3) is 0.500. The summed E-state index contributed by atoms with van der Waals surface area (Å²) in [5.74, 6) is 0.115. The third-order valence-electron chi connectivity index (χ3n) is 5.62. The lowest BCUT2D eigenvalue weighted by Crippen LogP contribution is -2.91. The second-order valence-corrected chi connectivity index (χ2v) is 7.35. The minimum absolute atomic E-state index is 0.0233. The lowest BCUT2D eigenvalue weighted by Gasteiger charge is -2.45. The van der Waals surface area contributed by atoms with Gasteiger partial charge in [-0.1, -0.05) is 24.4 Å². The van der Waals surface area contributed by atoms with E-state index in [-0.39, 0.29) is 17.4 Å². The van der Waals surface area contributed by atoms with Gasteiger partial charge < -0.3 is 14.8 Å². The molecule has 23 heavy (non-hydrogen) atoms. The van der Waals surface area contributed by atoms with Crippen LogP contribution in [0.4, 0.5) is 0 Å². The summed E-state index contributed by atoms with van der Waals surface area (Å²) >= 11 is 6.03. The number of fused-ring (bicyclic) bond motifs is 2. The zero-order valence-corrected chi connectivity index (χ0v) is 13.7. The monoisotopic (exact) mass is 334 g/mol. The topological polar surface area (TPSA) is 67.0 Å². The van der Waals surface area contributed by atoms with Crippen molar-refractivity contribution in [3.05, 3.63) is 45.3 Å². The highest BCUT2D eigenvalue weighted by atomic mass is 35.5. The Morgan fingerprint density at radius 3 is 3.04 bits per heavy atom. The van der Waals surface area contributed by atoms with Crippen LogP contribution in [0.15, 0.2) is 33.7 Å². The summed E-state index contributed by atoms with van der Waals surface area (Å²) in [6.07, 6.45) is 6.38. The van der Waals surface area contributed by atoms with Crippen molar-refractivity contribution < 1.29 is 14.8 Å². The number of benzene rings is 1. The van der Waals surface area contributed by atoms with E-state index >= 15 is 0 Å². The molecule has 1 saturated carbocycles. The first-order valence-corrected chi connectivity index (χ1v) is 8.73. The summed E-state index contributed by atoms with van der Waals surface area (Å²) in [5, 5.41) is 14.2. The molecule has 0 spiro atoms. The van der Waals surface area contributed by atoms with Crippen molar-refractivity contribution in [2.24, 2.45) is 5.92 Å². The predicted octanol–water partition coefficient (Wildman–Crippen LogP) is 2.38. The van der Waals surface area contributed by atoms with Crippen molar-refractivity contribution in [2.45, 2.75) is 43.7 Å². The van der Waals surface area contributed by atoms with Crippen molar-refractivity contribution in [1.82, 2.24) is 0 Å². The van der Waals surface area contributed by atoms with E-state index in [4.69, 9.17) is 16.0 Å². The fourth-order valence-electron chi connectivity index (χ4n) is 4.44. The van der Waals surface area contributed by atoms with Gasteiger partial charge in [0.1, 0.15) is 17.9 Å². The Kier molecular flexibility index (Phi) is 3.71. The Morgan fingerprint density at radius 2 is 2.17 bits per heavy atom. The van der Waals surface area contributed by atoms with E-state index in [0.717, 1.165) is 38.6 Å².